The molecule has 0 aromatic carbocycles. The lowest BCUT2D eigenvalue weighted by atomic mass is 10.2. The van der Waals surface area contributed by atoms with E-state index in [1.54, 1.807) is 0 Å². The average molecular weight is 297 g/mol. The molecular weight excluding hydrogens is 278 g/mol. The van der Waals surface area contributed by atoms with E-state index >= 15 is 0 Å². The lowest BCUT2D eigenvalue weighted by Gasteiger charge is -2.09. The molecule has 110 valence electrons. The van der Waals surface area contributed by atoms with E-state index in [9.17, 15) is 9.90 Å². The largest absolute Gasteiger partial charge is 0.391 e. The zero-order chi connectivity index (χ0) is 14.5. The van der Waals surface area contributed by atoms with Crippen molar-refractivity contribution in [3.05, 3.63) is 23.0 Å². The Morgan fingerprint density at radius 3 is 3.20 bits per heavy atom. The van der Waals surface area contributed by atoms with Gasteiger partial charge in [-0.2, -0.15) is 0 Å². The summed E-state index contributed by atoms with van der Waals surface area (Å²) < 4.78 is 6.77. The van der Waals surface area contributed by atoms with Gasteiger partial charge in [0, 0.05) is 30.9 Å². The maximum Gasteiger partial charge on any atom is 0.225 e. The number of carbonyl (C=O) groups is 1. The summed E-state index contributed by atoms with van der Waals surface area (Å²) in [6.45, 7) is 2.66. The number of aliphatic hydroxyl groups excluding tert-OH is 1. The predicted octanol–water partition coefficient (Wildman–Crippen LogP) is 0.760. The molecule has 0 radical (unpaired) electrons. The quantitative estimate of drug-likeness (QED) is 0.791. The fraction of sp³-hybridized carbons (Fsp3) is 0.538. The first-order chi connectivity index (χ1) is 9.60. The highest BCUT2D eigenvalue weighted by atomic mass is 32.1. The van der Waals surface area contributed by atoms with Gasteiger partial charge in [-0.1, -0.05) is 0 Å². The molecule has 1 unspecified atom stereocenters. The van der Waals surface area contributed by atoms with Crippen LogP contribution < -0.4 is 5.32 Å². The number of aliphatic hydroxyl groups is 1. The molecule has 2 aromatic rings. The molecule has 1 amide bonds. The van der Waals surface area contributed by atoms with Gasteiger partial charge in [0.2, 0.25) is 5.91 Å². The van der Waals surface area contributed by atoms with Crippen LogP contribution in [0.3, 0.4) is 0 Å². The highest BCUT2D eigenvalue weighted by Gasteiger charge is 2.11. The van der Waals surface area contributed by atoms with E-state index < -0.39 is 6.10 Å². The Morgan fingerprint density at radius 1 is 1.65 bits per heavy atom. The number of thiazole rings is 1. The Morgan fingerprint density at radius 2 is 2.45 bits per heavy atom. The second-order valence-corrected chi connectivity index (χ2v) is 5.52. The van der Waals surface area contributed by atoms with E-state index in [0.29, 0.717) is 19.4 Å². The number of aromatic nitrogens is 2. The van der Waals surface area contributed by atoms with E-state index in [1.165, 1.54) is 18.4 Å². The Labute approximate surface area is 121 Å². The van der Waals surface area contributed by atoms with Gasteiger partial charge in [-0.25, -0.2) is 4.98 Å². The molecular formula is C13H19N3O3S. The van der Waals surface area contributed by atoms with Crippen molar-refractivity contribution in [2.75, 3.05) is 20.3 Å². The van der Waals surface area contributed by atoms with Crippen LogP contribution in [0.15, 0.2) is 11.6 Å². The summed E-state index contributed by atoms with van der Waals surface area (Å²) in [5, 5.41) is 14.2. The average Bonchev–Trinajstić information content (AvgIpc) is 2.90. The van der Waals surface area contributed by atoms with Gasteiger partial charge in [0.1, 0.15) is 0 Å². The molecule has 2 heterocycles. The number of aryl methyl sites for hydroxylation is 1. The van der Waals surface area contributed by atoms with Crippen LogP contribution in [0.5, 0.6) is 0 Å². The van der Waals surface area contributed by atoms with Crippen LogP contribution in [0, 0.1) is 6.92 Å². The Bertz CT molecular complexity index is 578. The molecule has 0 bridgehead atoms. The van der Waals surface area contributed by atoms with Gasteiger partial charge in [0.15, 0.2) is 4.96 Å². The molecule has 20 heavy (non-hydrogen) atoms. The topological polar surface area (TPSA) is 75.9 Å². The molecule has 7 heteroatoms. The first-order valence-electron chi connectivity index (χ1n) is 6.46. The number of nitrogens with zero attached hydrogens (tertiary/aromatic N) is 2. The van der Waals surface area contributed by atoms with Crippen LogP contribution in [-0.4, -0.2) is 46.8 Å². The Kier molecular flexibility index (Phi) is 5.11. The van der Waals surface area contributed by atoms with Crippen LogP contribution in [0.2, 0.25) is 0 Å². The van der Waals surface area contributed by atoms with Crippen molar-refractivity contribution in [1.29, 1.82) is 0 Å². The molecule has 0 aliphatic heterocycles. The van der Waals surface area contributed by atoms with Crippen molar-refractivity contribution in [3.8, 4) is 0 Å². The minimum absolute atomic E-state index is 0.0549. The van der Waals surface area contributed by atoms with Gasteiger partial charge in [0.25, 0.3) is 0 Å². The van der Waals surface area contributed by atoms with Gasteiger partial charge >= 0.3 is 0 Å². The summed E-state index contributed by atoms with van der Waals surface area (Å²) in [4.78, 5) is 17.1. The third kappa shape index (κ3) is 3.78. The molecule has 0 saturated heterocycles. The van der Waals surface area contributed by atoms with Crippen molar-refractivity contribution < 1.29 is 14.6 Å². The molecule has 2 aromatic heterocycles. The van der Waals surface area contributed by atoms with Crippen LogP contribution >= 0.6 is 11.3 Å². The predicted molar refractivity (Wildman–Crippen MR) is 77.0 cm³/mol. The van der Waals surface area contributed by atoms with Crippen LogP contribution in [0.4, 0.5) is 0 Å². The number of imidazole rings is 1. The van der Waals surface area contributed by atoms with Gasteiger partial charge in [-0.3, -0.25) is 9.20 Å². The third-order valence-corrected chi connectivity index (χ3v) is 3.79. The number of hydrogen-bond donors (Lipinski definition) is 2. The molecule has 1 atom stereocenters. The number of fused-ring (bicyclic) bond motifs is 1. The molecule has 0 aliphatic carbocycles. The minimum atomic E-state index is -0.538. The number of hydrogen-bond acceptors (Lipinski definition) is 5. The molecule has 0 saturated carbocycles. The zero-order valence-electron chi connectivity index (χ0n) is 11.6. The highest BCUT2D eigenvalue weighted by Crippen LogP contribution is 2.16. The standard InChI is InChI=1S/C13H19N3O3S/c1-9-6-16-10(8-20-13(16)15-9)5-12(18)14-4-3-11(17)7-19-2/h6,8,11,17H,3-5,7H2,1-2H3,(H,14,18). The van der Waals surface area contributed by atoms with Gasteiger partial charge in [-0.05, 0) is 13.3 Å². The number of rotatable bonds is 7. The van der Waals surface area contributed by atoms with Crippen molar-refractivity contribution in [3.63, 3.8) is 0 Å². The zero-order valence-corrected chi connectivity index (χ0v) is 12.4. The summed E-state index contributed by atoms with van der Waals surface area (Å²) in [6, 6.07) is 0. The summed E-state index contributed by atoms with van der Waals surface area (Å²) in [5.41, 5.74) is 1.88. The number of nitrogens with one attached hydrogen (secondary N) is 1. The van der Waals surface area contributed by atoms with E-state index in [1.807, 2.05) is 22.9 Å². The first kappa shape index (κ1) is 15.0. The SMILES string of the molecule is COCC(O)CCNC(=O)Cc1csc2nc(C)cn12. The maximum atomic E-state index is 11.8. The van der Waals surface area contributed by atoms with Crippen molar-refractivity contribution in [2.24, 2.45) is 0 Å². The van der Waals surface area contributed by atoms with Crippen molar-refractivity contribution in [2.45, 2.75) is 25.9 Å². The molecule has 2 rings (SSSR count). The summed E-state index contributed by atoms with van der Waals surface area (Å²) in [7, 11) is 1.54. The maximum absolute atomic E-state index is 11.8. The van der Waals surface area contributed by atoms with E-state index in [0.717, 1.165) is 16.3 Å². The molecule has 0 spiro atoms. The summed E-state index contributed by atoms with van der Waals surface area (Å²) in [6.07, 6.45) is 2.19. The van der Waals surface area contributed by atoms with Crippen LogP contribution in [-0.2, 0) is 16.0 Å². The van der Waals surface area contributed by atoms with Gasteiger partial charge in [-0.15, -0.1) is 11.3 Å². The number of ether oxygens (including phenoxy) is 1. The summed E-state index contributed by atoms with van der Waals surface area (Å²) >= 11 is 1.53. The molecule has 0 aliphatic rings. The second-order valence-electron chi connectivity index (χ2n) is 4.69. The normalized spacial score (nSPS) is 12.8. The van der Waals surface area contributed by atoms with E-state index in [-0.39, 0.29) is 12.5 Å². The number of carbonyl (C=O) groups excluding carboxylic acids is 1. The Hall–Kier alpha value is -1.44. The van der Waals surface area contributed by atoms with Crippen LogP contribution in [0.1, 0.15) is 17.8 Å². The number of methoxy groups -OCH3 is 1. The second kappa shape index (κ2) is 6.83. The molecule has 2 N–H and O–H groups in total. The van der Waals surface area contributed by atoms with Gasteiger partial charge < -0.3 is 15.2 Å². The van der Waals surface area contributed by atoms with Gasteiger partial charge in [0.05, 0.1) is 24.8 Å². The third-order valence-electron chi connectivity index (χ3n) is 2.90. The number of amides is 1. The lowest BCUT2D eigenvalue weighted by molar-refractivity contribution is -0.120. The summed E-state index contributed by atoms with van der Waals surface area (Å²) in [5.74, 6) is -0.0549. The molecule has 0 fully saturated rings. The monoisotopic (exact) mass is 297 g/mol. The van der Waals surface area contributed by atoms with Crippen molar-refractivity contribution in [1.82, 2.24) is 14.7 Å². The smallest absolute Gasteiger partial charge is 0.225 e. The van der Waals surface area contributed by atoms with E-state index in [4.69, 9.17) is 4.74 Å². The van der Waals surface area contributed by atoms with Crippen molar-refractivity contribution >= 4 is 22.2 Å². The first-order valence-corrected chi connectivity index (χ1v) is 7.34. The Balaban J connectivity index is 1.82. The lowest BCUT2D eigenvalue weighted by Crippen LogP contribution is -2.29. The fourth-order valence-electron chi connectivity index (χ4n) is 1.95. The van der Waals surface area contributed by atoms with Crippen LogP contribution in [0.25, 0.3) is 4.96 Å². The molecule has 6 nitrogen and oxygen atoms in total. The highest BCUT2D eigenvalue weighted by molar-refractivity contribution is 7.15. The fourth-order valence-corrected chi connectivity index (χ4v) is 2.87. The minimum Gasteiger partial charge on any atom is -0.391 e. The van der Waals surface area contributed by atoms with E-state index in [2.05, 4.69) is 10.3 Å².